The standard InChI is InChI=1S/C17H16N2O3/c1-11-8-19-15(9-18-11)17(21)22-10-16(20)14-6-5-12-3-2-4-13(12)7-14/h5-9H,2-4,10H2,1H3. The Balaban J connectivity index is 1.62. The molecule has 0 spiro atoms. The Bertz CT molecular complexity index is 723. The summed E-state index contributed by atoms with van der Waals surface area (Å²) in [5.74, 6) is -0.842. The normalized spacial score (nSPS) is 12.8. The molecule has 0 N–H and O–H groups in total. The molecule has 1 heterocycles. The van der Waals surface area contributed by atoms with Gasteiger partial charge < -0.3 is 4.74 Å². The number of ether oxygens (including phenoxy) is 1. The highest BCUT2D eigenvalue weighted by Crippen LogP contribution is 2.23. The second-order valence-corrected chi connectivity index (χ2v) is 5.38. The Morgan fingerprint density at radius 2 is 1.95 bits per heavy atom. The molecule has 1 aromatic heterocycles. The van der Waals surface area contributed by atoms with Crippen molar-refractivity contribution in [2.45, 2.75) is 26.2 Å². The van der Waals surface area contributed by atoms with Crippen molar-refractivity contribution in [2.75, 3.05) is 6.61 Å². The third kappa shape index (κ3) is 3.03. The molecule has 1 aliphatic carbocycles. The molecule has 0 aliphatic heterocycles. The van der Waals surface area contributed by atoms with Crippen LogP contribution in [0.4, 0.5) is 0 Å². The maximum atomic E-state index is 12.1. The number of hydrogen-bond donors (Lipinski definition) is 0. The first-order valence-electron chi connectivity index (χ1n) is 7.24. The van der Waals surface area contributed by atoms with Crippen molar-refractivity contribution in [3.05, 3.63) is 58.7 Å². The second-order valence-electron chi connectivity index (χ2n) is 5.38. The molecule has 3 rings (SSSR count). The maximum Gasteiger partial charge on any atom is 0.358 e. The van der Waals surface area contributed by atoms with Crippen LogP contribution in [0, 0.1) is 6.92 Å². The van der Waals surface area contributed by atoms with Crippen molar-refractivity contribution in [2.24, 2.45) is 0 Å². The van der Waals surface area contributed by atoms with Crippen molar-refractivity contribution in [1.29, 1.82) is 0 Å². The van der Waals surface area contributed by atoms with Gasteiger partial charge in [0, 0.05) is 11.8 Å². The number of rotatable bonds is 4. The summed E-state index contributed by atoms with van der Waals surface area (Å²) in [4.78, 5) is 31.8. The summed E-state index contributed by atoms with van der Waals surface area (Å²) in [6.45, 7) is 1.49. The number of aryl methyl sites for hydroxylation is 3. The minimum Gasteiger partial charge on any atom is -0.453 e. The smallest absolute Gasteiger partial charge is 0.358 e. The van der Waals surface area contributed by atoms with Gasteiger partial charge in [-0.3, -0.25) is 9.78 Å². The second kappa shape index (κ2) is 6.05. The van der Waals surface area contributed by atoms with E-state index in [1.807, 2.05) is 12.1 Å². The lowest BCUT2D eigenvalue weighted by molar-refractivity contribution is 0.0468. The minimum absolute atomic E-state index is 0.104. The largest absolute Gasteiger partial charge is 0.453 e. The number of carbonyl (C=O) groups is 2. The number of carbonyl (C=O) groups excluding carboxylic acids is 2. The van der Waals surface area contributed by atoms with E-state index in [1.165, 1.54) is 23.5 Å². The zero-order valence-corrected chi connectivity index (χ0v) is 12.3. The number of aromatic nitrogens is 2. The summed E-state index contributed by atoms with van der Waals surface area (Å²) in [6, 6.07) is 5.69. The number of fused-ring (bicyclic) bond motifs is 1. The van der Waals surface area contributed by atoms with Gasteiger partial charge in [-0.25, -0.2) is 9.78 Å². The first-order chi connectivity index (χ1) is 10.6. The van der Waals surface area contributed by atoms with E-state index in [9.17, 15) is 9.59 Å². The molecule has 0 unspecified atom stereocenters. The maximum absolute atomic E-state index is 12.1. The van der Waals surface area contributed by atoms with E-state index in [0.717, 1.165) is 19.3 Å². The minimum atomic E-state index is -0.637. The van der Waals surface area contributed by atoms with Crippen LogP contribution >= 0.6 is 0 Å². The number of benzene rings is 1. The lowest BCUT2D eigenvalue weighted by Gasteiger charge is -2.06. The molecule has 0 atom stereocenters. The van der Waals surface area contributed by atoms with Gasteiger partial charge in [0.25, 0.3) is 0 Å². The fraction of sp³-hybridized carbons (Fsp3) is 0.294. The molecule has 5 nitrogen and oxygen atoms in total. The van der Waals surface area contributed by atoms with Gasteiger partial charge in [0.05, 0.1) is 11.9 Å². The molecule has 0 saturated heterocycles. The van der Waals surface area contributed by atoms with Gasteiger partial charge in [0.1, 0.15) is 0 Å². The SMILES string of the molecule is Cc1cnc(C(=O)OCC(=O)c2ccc3c(c2)CCC3)cn1. The summed E-state index contributed by atoms with van der Waals surface area (Å²) in [6.07, 6.45) is 6.05. The van der Waals surface area contributed by atoms with Crippen LogP contribution in [0.25, 0.3) is 0 Å². The lowest BCUT2D eigenvalue weighted by atomic mass is 10.0. The predicted octanol–water partition coefficient (Wildman–Crippen LogP) is 2.31. The third-order valence-electron chi connectivity index (χ3n) is 3.74. The van der Waals surface area contributed by atoms with Crippen LogP contribution in [0.1, 0.15) is 44.1 Å². The first-order valence-corrected chi connectivity index (χ1v) is 7.24. The summed E-state index contributed by atoms with van der Waals surface area (Å²) in [5.41, 5.74) is 3.94. The van der Waals surface area contributed by atoms with Crippen LogP contribution < -0.4 is 0 Å². The molecule has 22 heavy (non-hydrogen) atoms. The molecule has 0 radical (unpaired) electrons. The highest BCUT2D eigenvalue weighted by molar-refractivity contribution is 5.99. The van der Waals surface area contributed by atoms with Crippen LogP contribution in [0.5, 0.6) is 0 Å². The van der Waals surface area contributed by atoms with E-state index in [2.05, 4.69) is 9.97 Å². The summed E-state index contributed by atoms with van der Waals surface area (Å²) in [7, 11) is 0. The Hall–Kier alpha value is -2.56. The van der Waals surface area contributed by atoms with Crippen LogP contribution in [-0.2, 0) is 17.6 Å². The van der Waals surface area contributed by atoms with Gasteiger partial charge >= 0.3 is 5.97 Å². The van der Waals surface area contributed by atoms with Crippen molar-refractivity contribution in [3.8, 4) is 0 Å². The zero-order valence-electron chi connectivity index (χ0n) is 12.3. The van der Waals surface area contributed by atoms with Gasteiger partial charge in [-0.1, -0.05) is 12.1 Å². The number of esters is 1. The Morgan fingerprint density at radius 3 is 2.73 bits per heavy atom. The van der Waals surface area contributed by atoms with Crippen LogP contribution in [0.3, 0.4) is 0 Å². The average Bonchev–Trinajstić information content (AvgIpc) is 3.00. The zero-order chi connectivity index (χ0) is 15.5. The van der Waals surface area contributed by atoms with Crippen LogP contribution in [0.15, 0.2) is 30.6 Å². The molecule has 2 aromatic rings. The van der Waals surface area contributed by atoms with Gasteiger partial charge in [0.15, 0.2) is 18.1 Å². The highest BCUT2D eigenvalue weighted by atomic mass is 16.5. The molecule has 5 heteroatoms. The van der Waals surface area contributed by atoms with Gasteiger partial charge in [-0.2, -0.15) is 0 Å². The predicted molar refractivity (Wildman–Crippen MR) is 79.8 cm³/mol. The topological polar surface area (TPSA) is 69.2 Å². The summed E-state index contributed by atoms with van der Waals surface area (Å²) >= 11 is 0. The molecule has 0 saturated carbocycles. The quantitative estimate of drug-likeness (QED) is 0.639. The van der Waals surface area contributed by atoms with E-state index < -0.39 is 5.97 Å². The summed E-state index contributed by atoms with van der Waals surface area (Å²) in [5, 5.41) is 0. The van der Waals surface area contributed by atoms with Gasteiger partial charge in [-0.05, 0) is 43.4 Å². The van der Waals surface area contributed by atoms with Crippen molar-refractivity contribution in [3.63, 3.8) is 0 Å². The van der Waals surface area contributed by atoms with E-state index in [0.29, 0.717) is 11.3 Å². The lowest BCUT2D eigenvalue weighted by Crippen LogP contribution is -2.15. The number of Topliss-reactive ketones (excluding diaryl/α,β-unsaturated/α-hetero) is 1. The third-order valence-corrected chi connectivity index (χ3v) is 3.74. The monoisotopic (exact) mass is 296 g/mol. The number of nitrogens with zero attached hydrogens (tertiary/aromatic N) is 2. The fourth-order valence-electron chi connectivity index (χ4n) is 2.53. The van der Waals surface area contributed by atoms with Crippen LogP contribution in [-0.4, -0.2) is 28.3 Å². The summed E-state index contributed by atoms with van der Waals surface area (Å²) < 4.78 is 5.01. The first kappa shape index (κ1) is 14.4. The van der Waals surface area contributed by atoms with E-state index in [1.54, 1.807) is 13.0 Å². The Kier molecular flexibility index (Phi) is 3.96. The highest BCUT2D eigenvalue weighted by Gasteiger charge is 2.16. The van der Waals surface area contributed by atoms with E-state index in [-0.39, 0.29) is 18.1 Å². The number of hydrogen-bond acceptors (Lipinski definition) is 5. The Morgan fingerprint density at radius 1 is 1.14 bits per heavy atom. The van der Waals surface area contributed by atoms with E-state index >= 15 is 0 Å². The molecule has 0 fully saturated rings. The molecule has 1 aliphatic rings. The van der Waals surface area contributed by atoms with Gasteiger partial charge in [-0.15, -0.1) is 0 Å². The van der Waals surface area contributed by atoms with Crippen molar-refractivity contribution >= 4 is 11.8 Å². The molecular weight excluding hydrogens is 280 g/mol. The average molecular weight is 296 g/mol. The molecule has 112 valence electrons. The molecule has 0 bridgehead atoms. The van der Waals surface area contributed by atoms with Crippen molar-refractivity contribution < 1.29 is 14.3 Å². The Labute approximate surface area is 128 Å². The van der Waals surface area contributed by atoms with Crippen LogP contribution in [0.2, 0.25) is 0 Å². The van der Waals surface area contributed by atoms with Crippen molar-refractivity contribution in [1.82, 2.24) is 9.97 Å². The molecule has 0 amide bonds. The molecule has 1 aromatic carbocycles. The van der Waals surface area contributed by atoms with Gasteiger partial charge in [0.2, 0.25) is 0 Å². The van der Waals surface area contributed by atoms with E-state index in [4.69, 9.17) is 4.74 Å². The molecular formula is C17H16N2O3. The fourth-order valence-corrected chi connectivity index (χ4v) is 2.53. The number of ketones is 1.